The molecule has 0 radical (unpaired) electrons. The van der Waals surface area contributed by atoms with E-state index in [9.17, 15) is 22.4 Å². The summed E-state index contributed by atoms with van der Waals surface area (Å²) in [5.74, 6) is -2.43. The van der Waals surface area contributed by atoms with Crippen molar-refractivity contribution in [2.24, 2.45) is 5.73 Å². The van der Waals surface area contributed by atoms with Crippen LogP contribution < -0.4 is 11.1 Å². The second-order valence-electron chi connectivity index (χ2n) is 5.77. The summed E-state index contributed by atoms with van der Waals surface area (Å²) in [6.45, 7) is 0.127. The highest BCUT2D eigenvalue weighted by molar-refractivity contribution is 5.94. The van der Waals surface area contributed by atoms with Gasteiger partial charge in [0.15, 0.2) is 0 Å². The van der Waals surface area contributed by atoms with Crippen molar-refractivity contribution in [2.75, 3.05) is 6.54 Å². The third-order valence-electron chi connectivity index (χ3n) is 4.00. The molecule has 2 rings (SSSR count). The van der Waals surface area contributed by atoms with E-state index in [0.717, 1.165) is 44.2 Å². The highest BCUT2D eigenvalue weighted by atomic mass is 19.4. The standard InChI is InChI=1S/C15H18F4N2O/c16-12-10(5-4-6-11(12)15(17,18)19)13(22)21-9-14(20)7-2-1-3-8-14/h4-6H,1-3,7-9,20H2,(H,21,22). The molecule has 0 aliphatic heterocycles. The van der Waals surface area contributed by atoms with Crippen LogP contribution in [0, 0.1) is 5.82 Å². The molecule has 122 valence electrons. The number of benzene rings is 1. The van der Waals surface area contributed by atoms with Crippen LogP contribution in [0.4, 0.5) is 17.6 Å². The summed E-state index contributed by atoms with van der Waals surface area (Å²) >= 11 is 0. The van der Waals surface area contributed by atoms with Crippen LogP contribution >= 0.6 is 0 Å². The van der Waals surface area contributed by atoms with E-state index in [4.69, 9.17) is 5.73 Å². The van der Waals surface area contributed by atoms with E-state index in [2.05, 4.69) is 5.32 Å². The Morgan fingerprint density at radius 1 is 1.23 bits per heavy atom. The van der Waals surface area contributed by atoms with Crippen LogP contribution in [0.1, 0.15) is 48.0 Å². The van der Waals surface area contributed by atoms with Crippen LogP contribution in [0.5, 0.6) is 0 Å². The predicted octanol–water partition coefficient (Wildman–Crippen LogP) is 3.24. The molecule has 0 spiro atoms. The van der Waals surface area contributed by atoms with E-state index in [1.165, 1.54) is 0 Å². The Bertz CT molecular complexity index is 551. The van der Waals surface area contributed by atoms with E-state index < -0.39 is 34.6 Å². The van der Waals surface area contributed by atoms with Crippen molar-refractivity contribution in [3.05, 3.63) is 35.1 Å². The second-order valence-corrected chi connectivity index (χ2v) is 5.77. The average Bonchev–Trinajstić information content (AvgIpc) is 2.45. The first-order chi connectivity index (χ1) is 10.2. The molecule has 1 saturated carbocycles. The average molecular weight is 318 g/mol. The lowest BCUT2D eigenvalue weighted by atomic mass is 9.82. The van der Waals surface area contributed by atoms with Gasteiger partial charge in [-0.1, -0.05) is 25.3 Å². The summed E-state index contributed by atoms with van der Waals surface area (Å²) in [5, 5.41) is 2.46. The lowest BCUT2D eigenvalue weighted by Crippen LogP contribution is -2.51. The van der Waals surface area contributed by atoms with Gasteiger partial charge in [-0.2, -0.15) is 13.2 Å². The van der Waals surface area contributed by atoms with Gasteiger partial charge < -0.3 is 11.1 Å². The topological polar surface area (TPSA) is 55.1 Å². The first-order valence-electron chi connectivity index (χ1n) is 7.16. The van der Waals surface area contributed by atoms with Gasteiger partial charge in [0.25, 0.3) is 5.91 Å². The maximum absolute atomic E-state index is 13.9. The fourth-order valence-electron chi connectivity index (χ4n) is 2.71. The fourth-order valence-corrected chi connectivity index (χ4v) is 2.71. The van der Waals surface area contributed by atoms with Gasteiger partial charge in [-0.15, -0.1) is 0 Å². The fraction of sp³-hybridized carbons (Fsp3) is 0.533. The minimum atomic E-state index is -4.83. The second kappa shape index (κ2) is 6.24. The number of carbonyl (C=O) groups is 1. The van der Waals surface area contributed by atoms with Gasteiger partial charge in [0, 0.05) is 12.1 Å². The third kappa shape index (κ3) is 3.76. The molecule has 0 saturated heterocycles. The van der Waals surface area contributed by atoms with Crippen molar-refractivity contribution in [3.63, 3.8) is 0 Å². The molecule has 3 N–H and O–H groups in total. The van der Waals surface area contributed by atoms with Gasteiger partial charge in [0.2, 0.25) is 0 Å². The van der Waals surface area contributed by atoms with Crippen LogP contribution in [0.3, 0.4) is 0 Å². The lowest BCUT2D eigenvalue weighted by Gasteiger charge is -2.33. The molecule has 0 atom stereocenters. The van der Waals surface area contributed by atoms with Crippen LogP contribution in [0.25, 0.3) is 0 Å². The normalized spacial score (nSPS) is 18.0. The smallest absolute Gasteiger partial charge is 0.350 e. The molecule has 1 aliphatic carbocycles. The SMILES string of the molecule is NC1(CNC(=O)c2cccc(C(F)(F)F)c2F)CCCCC1. The number of nitrogens with two attached hydrogens (primary N) is 1. The van der Waals surface area contributed by atoms with E-state index in [-0.39, 0.29) is 6.54 Å². The van der Waals surface area contributed by atoms with Crippen molar-refractivity contribution in [3.8, 4) is 0 Å². The first-order valence-corrected chi connectivity index (χ1v) is 7.16. The van der Waals surface area contributed by atoms with E-state index >= 15 is 0 Å². The molecule has 1 aromatic rings. The first kappa shape index (κ1) is 16.7. The van der Waals surface area contributed by atoms with E-state index in [0.29, 0.717) is 6.07 Å². The summed E-state index contributed by atoms with van der Waals surface area (Å²) in [6, 6.07) is 2.65. The molecule has 0 unspecified atom stereocenters. The third-order valence-corrected chi connectivity index (χ3v) is 4.00. The minimum absolute atomic E-state index is 0.127. The Balaban J connectivity index is 2.10. The molecule has 1 fully saturated rings. The molecular formula is C15H18F4N2O. The number of hydrogen-bond donors (Lipinski definition) is 2. The molecular weight excluding hydrogens is 300 g/mol. The Morgan fingerprint density at radius 2 is 1.86 bits per heavy atom. The zero-order valence-corrected chi connectivity index (χ0v) is 12.0. The summed E-state index contributed by atoms with van der Waals surface area (Å²) < 4.78 is 51.8. The Labute approximate surface area is 125 Å². The molecule has 1 amide bonds. The maximum Gasteiger partial charge on any atom is 0.419 e. The van der Waals surface area contributed by atoms with Crippen LogP contribution in [-0.2, 0) is 6.18 Å². The maximum atomic E-state index is 13.9. The number of hydrogen-bond acceptors (Lipinski definition) is 2. The molecule has 7 heteroatoms. The highest BCUT2D eigenvalue weighted by Gasteiger charge is 2.36. The lowest BCUT2D eigenvalue weighted by molar-refractivity contribution is -0.140. The van der Waals surface area contributed by atoms with Crippen molar-refractivity contribution < 1.29 is 22.4 Å². The van der Waals surface area contributed by atoms with Gasteiger partial charge in [-0.05, 0) is 25.0 Å². The predicted molar refractivity (Wildman–Crippen MR) is 73.7 cm³/mol. The quantitative estimate of drug-likeness (QED) is 0.841. The van der Waals surface area contributed by atoms with Crippen molar-refractivity contribution in [1.29, 1.82) is 0 Å². The molecule has 0 bridgehead atoms. The Morgan fingerprint density at radius 3 is 2.45 bits per heavy atom. The van der Waals surface area contributed by atoms with Gasteiger partial charge in [0.1, 0.15) is 5.82 Å². The van der Waals surface area contributed by atoms with Crippen molar-refractivity contribution in [1.82, 2.24) is 5.32 Å². The van der Waals surface area contributed by atoms with Crippen LogP contribution in [-0.4, -0.2) is 18.0 Å². The number of halogens is 4. The number of nitrogens with one attached hydrogen (secondary N) is 1. The van der Waals surface area contributed by atoms with Crippen molar-refractivity contribution >= 4 is 5.91 Å². The number of carbonyl (C=O) groups excluding carboxylic acids is 1. The minimum Gasteiger partial charge on any atom is -0.350 e. The molecule has 3 nitrogen and oxygen atoms in total. The van der Waals surface area contributed by atoms with Crippen molar-refractivity contribution in [2.45, 2.75) is 43.8 Å². The highest BCUT2D eigenvalue weighted by Crippen LogP contribution is 2.32. The van der Waals surface area contributed by atoms with E-state index in [1.54, 1.807) is 0 Å². The van der Waals surface area contributed by atoms with E-state index in [1.807, 2.05) is 0 Å². The number of amides is 1. The van der Waals surface area contributed by atoms with Gasteiger partial charge in [-0.3, -0.25) is 4.79 Å². The Hall–Kier alpha value is -1.63. The zero-order chi connectivity index (χ0) is 16.4. The molecule has 22 heavy (non-hydrogen) atoms. The molecule has 1 aromatic carbocycles. The monoisotopic (exact) mass is 318 g/mol. The summed E-state index contributed by atoms with van der Waals surface area (Å²) in [7, 11) is 0. The molecule has 0 aromatic heterocycles. The summed E-state index contributed by atoms with van der Waals surface area (Å²) in [4.78, 5) is 12.0. The van der Waals surface area contributed by atoms with Gasteiger partial charge in [0.05, 0.1) is 11.1 Å². The number of rotatable bonds is 3. The Kier molecular flexibility index (Phi) is 4.75. The largest absolute Gasteiger partial charge is 0.419 e. The number of alkyl halides is 3. The van der Waals surface area contributed by atoms with Gasteiger partial charge in [-0.25, -0.2) is 4.39 Å². The summed E-state index contributed by atoms with van der Waals surface area (Å²) in [6.07, 6.45) is -0.390. The van der Waals surface area contributed by atoms with Crippen LogP contribution in [0.2, 0.25) is 0 Å². The molecule has 1 aliphatic rings. The van der Waals surface area contributed by atoms with Crippen LogP contribution in [0.15, 0.2) is 18.2 Å². The summed E-state index contributed by atoms with van der Waals surface area (Å²) in [5.41, 5.74) is 3.51. The van der Waals surface area contributed by atoms with Gasteiger partial charge >= 0.3 is 6.18 Å². The molecule has 0 heterocycles. The zero-order valence-electron chi connectivity index (χ0n) is 12.0.